The van der Waals surface area contributed by atoms with E-state index in [1.54, 1.807) is 11.8 Å². The van der Waals surface area contributed by atoms with Crippen LogP contribution in [0.25, 0.3) is 0 Å². The second-order valence-corrected chi connectivity index (χ2v) is 7.45. The fraction of sp³-hybridized carbons (Fsp3) is 0.867. The van der Waals surface area contributed by atoms with Crippen molar-refractivity contribution in [3.05, 3.63) is 0 Å². The van der Waals surface area contributed by atoms with Gasteiger partial charge in [-0.05, 0) is 31.6 Å². The normalized spacial score (nSPS) is 26.1. The van der Waals surface area contributed by atoms with Crippen LogP contribution in [0.15, 0.2) is 0 Å². The van der Waals surface area contributed by atoms with E-state index < -0.39 is 0 Å². The summed E-state index contributed by atoms with van der Waals surface area (Å²) in [6.07, 6.45) is 3.90. The molecule has 5 heteroatoms. The van der Waals surface area contributed by atoms with Crippen LogP contribution in [-0.4, -0.2) is 40.4 Å². The summed E-state index contributed by atoms with van der Waals surface area (Å²) in [5.41, 5.74) is 0. The van der Waals surface area contributed by atoms with Crippen LogP contribution in [0.2, 0.25) is 0 Å². The maximum absolute atomic E-state index is 12.5. The number of thioether (sulfide) groups is 1. The first-order valence-electron chi connectivity index (χ1n) is 7.76. The lowest BCUT2D eigenvalue weighted by Crippen LogP contribution is -2.50. The topological polar surface area (TPSA) is 49.4 Å². The third-order valence-electron chi connectivity index (χ3n) is 3.80. The molecule has 4 nitrogen and oxygen atoms in total. The van der Waals surface area contributed by atoms with Gasteiger partial charge in [-0.15, -0.1) is 11.8 Å². The highest BCUT2D eigenvalue weighted by atomic mass is 32.2. The Morgan fingerprint density at radius 2 is 2.05 bits per heavy atom. The smallest absolute Gasteiger partial charge is 0.243 e. The van der Waals surface area contributed by atoms with Gasteiger partial charge < -0.3 is 10.2 Å². The molecule has 1 aliphatic heterocycles. The minimum atomic E-state index is -0.261. The molecule has 2 amide bonds. The van der Waals surface area contributed by atoms with Crippen LogP contribution in [0, 0.1) is 11.8 Å². The number of carbonyl (C=O) groups excluding carboxylic acids is 2. The van der Waals surface area contributed by atoms with E-state index in [-0.39, 0.29) is 29.1 Å². The molecule has 1 heterocycles. The fourth-order valence-corrected chi connectivity index (χ4v) is 4.20. The maximum Gasteiger partial charge on any atom is 0.243 e. The first-order chi connectivity index (χ1) is 9.54. The molecule has 0 spiro atoms. The minimum absolute atomic E-state index is 0.0274. The third-order valence-corrected chi connectivity index (χ3v) is 5.11. The highest BCUT2D eigenvalue weighted by Crippen LogP contribution is 2.39. The molecule has 1 aliphatic carbocycles. The maximum atomic E-state index is 12.5. The van der Waals surface area contributed by atoms with Gasteiger partial charge >= 0.3 is 0 Å². The Bertz CT molecular complexity index is 369. The summed E-state index contributed by atoms with van der Waals surface area (Å²) in [4.78, 5) is 26.7. The molecule has 0 radical (unpaired) electrons. The Balaban J connectivity index is 2.05. The summed E-state index contributed by atoms with van der Waals surface area (Å²) < 4.78 is 0. The van der Waals surface area contributed by atoms with Gasteiger partial charge in [0.15, 0.2) is 0 Å². The number of hydrogen-bond donors (Lipinski definition) is 1. The van der Waals surface area contributed by atoms with E-state index in [1.807, 2.05) is 11.8 Å². The summed E-state index contributed by atoms with van der Waals surface area (Å²) >= 11 is 1.77. The lowest BCUT2D eigenvalue weighted by Gasteiger charge is -2.29. The second kappa shape index (κ2) is 6.83. The summed E-state index contributed by atoms with van der Waals surface area (Å²) in [6, 6.07) is -0.261. The number of rotatable bonds is 6. The van der Waals surface area contributed by atoms with Crippen molar-refractivity contribution in [3.63, 3.8) is 0 Å². The predicted octanol–water partition coefficient (Wildman–Crippen LogP) is 2.24. The van der Waals surface area contributed by atoms with E-state index in [4.69, 9.17) is 0 Å². The highest BCUT2D eigenvalue weighted by molar-refractivity contribution is 8.00. The van der Waals surface area contributed by atoms with Crippen molar-refractivity contribution < 1.29 is 9.59 Å². The van der Waals surface area contributed by atoms with Gasteiger partial charge in [-0.1, -0.05) is 20.8 Å². The molecule has 114 valence electrons. The molecule has 2 fully saturated rings. The van der Waals surface area contributed by atoms with Crippen LogP contribution in [0.4, 0.5) is 0 Å². The number of amides is 2. The molecule has 0 aromatic carbocycles. The molecule has 1 saturated carbocycles. The SMILES string of the molecule is CCCNC(=O)C1CSC(CC(C)C)N1C(=O)C1CC1. The van der Waals surface area contributed by atoms with Gasteiger partial charge in [-0.3, -0.25) is 9.59 Å². The quantitative estimate of drug-likeness (QED) is 0.818. The van der Waals surface area contributed by atoms with Crippen molar-refractivity contribution in [2.45, 2.75) is 57.9 Å². The molecule has 0 bridgehead atoms. The van der Waals surface area contributed by atoms with Gasteiger partial charge in [0, 0.05) is 18.2 Å². The molecule has 1 N–H and O–H groups in total. The lowest BCUT2D eigenvalue weighted by molar-refractivity contribution is -0.141. The Labute approximate surface area is 126 Å². The molecule has 0 aromatic rings. The largest absolute Gasteiger partial charge is 0.354 e. The Hall–Kier alpha value is -0.710. The van der Waals surface area contributed by atoms with Crippen LogP contribution in [0.3, 0.4) is 0 Å². The number of hydrogen-bond acceptors (Lipinski definition) is 3. The Morgan fingerprint density at radius 3 is 2.60 bits per heavy atom. The van der Waals surface area contributed by atoms with Gasteiger partial charge in [-0.2, -0.15) is 0 Å². The molecule has 2 aliphatic rings. The van der Waals surface area contributed by atoms with Crippen molar-refractivity contribution >= 4 is 23.6 Å². The average Bonchev–Trinajstić information content (AvgIpc) is 3.16. The van der Waals surface area contributed by atoms with E-state index in [0.717, 1.165) is 31.4 Å². The summed E-state index contributed by atoms with van der Waals surface area (Å²) in [7, 11) is 0. The molecule has 20 heavy (non-hydrogen) atoms. The summed E-state index contributed by atoms with van der Waals surface area (Å²) in [6.45, 7) is 7.08. The summed E-state index contributed by atoms with van der Waals surface area (Å²) in [5.74, 6) is 1.70. The van der Waals surface area contributed by atoms with Crippen LogP contribution in [-0.2, 0) is 9.59 Å². The van der Waals surface area contributed by atoms with Gasteiger partial charge in [-0.25, -0.2) is 0 Å². The lowest BCUT2D eigenvalue weighted by atomic mass is 10.1. The van der Waals surface area contributed by atoms with E-state index in [9.17, 15) is 9.59 Å². The van der Waals surface area contributed by atoms with Gasteiger partial charge in [0.25, 0.3) is 0 Å². The van der Waals surface area contributed by atoms with E-state index in [1.165, 1.54) is 0 Å². The van der Waals surface area contributed by atoms with E-state index >= 15 is 0 Å². The Morgan fingerprint density at radius 1 is 1.35 bits per heavy atom. The zero-order chi connectivity index (χ0) is 14.7. The molecule has 2 atom stereocenters. The van der Waals surface area contributed by atoms with Crippen molar-refractivity contribution in [1.29, 1.82) is 0 Å². The number of nitrogens with zero attached hydrogens (tertiary/aromatic N) is 1. The van der Waals surface area contributed by atoms with Gasteiger partial charge in [0.05, 0.1) is 5.37 Å². The van der Waals surface area contributed by atoms with Crippen molar-refractivity contribution in [2.75, 3.05) is 12.3 Å². The van der Waals surface area contributed by atoms with Crippen LogP contribution in [0.5, 0.6) is 0 Å². The van der Waals surface area contributed by atoms with Crippen molar-refractivity contribution in [2.24, 2.45) is 11.8 Å². The molecule has 0 aromatic heterocycles. The van der Waals surface area contributed by atoms with Crippen LogP contribution in [0.1, 0.15) is 46.5 Å². The second-order valence-electron chi connectivity index (χ2n) is 6.24. The van der Waals surface area contributed by atoms with Crippen molar-refractivity contribution in [3.8, 4) is 0 Å². The first kappa shape index (κ1) is 15.7. The van der Waals surface area contributed by atoms with Gasteiger partial charge in [0.1, 0.15) is 6.04 Å². The highest BCUT2D eigenvalue weighted by Gasteiger charge is 2.45. The first-order valence-corrected chi connectivity index (χ1v) is 8.81. The van der Waals surface area contributed by atoms with Crippen molar-refractivity contribution in [1.82, 2.24) is 10.2 Å². The van der Waals surface area contributed by atoms with E-state index in [2.05, 4.69) is 19.2 Å². The fourth-order valence-electron chi connectivity index (χ4n) is 2.55. The monoisotopic (exact) mass is 298 g/mol. The predicted molar refractivity (Wildman–Crippen MR) is 82.4 cm³/mol. The number of nitrogens with one attached hydrogen (secondary N) is 1. The molecule has 2 unspecified atom stereocenters. The van der Waals surface area contributed by atoms with Crippen LogP contribution >= 0.6 is 11.8 Å². The third kappa shape index (κ3) is 3.68. The van der Waals surface area contributed by atoms with Gasteiger partial charge in [0.2, 0.25) is 11.8 Å². The molecule has 1 saturated heterocycles. The molecular formula is C15H26N2O2S. The zero-order valence-corrected chi connectivity index (χ0v) is 13.5. The standard InChI is InChI=1S/C15H26N2O2S/c1-4-7-16-14(18)12-9-20-13(8-10(2)3)17(12)15(19)11-5-6-11/h10-13H,4-9H2,1-3H3,(H,16,18). The number of carbonyl (C=O) groups is 2. The molecular weight excluding hydrogens is 272 g/mol. The molecule has 2 rings (SSSR count). The summed E-state index contributed by atoms with van der Waals surface area (Å²) in [5, 5.41) is 3.13. The van der Waals surface area contributed by atoms with E-state index in [0.29, 0.717) is 12.5 Å². The van der Waals surface area contributed by atoms with Crippen LogP contribution < -0.4 is 5.32 Å². The Kier molecular flexibility index (Phi) is 5.35. The minimum Gasteiger partial charge on any atom is -0.354 e. The zero-order valence-electron chi connectivity index (χ0n) is 12.7. The average molecular weight is 298 g/mol.